The zero-order valence-electron chi connectivity index (χ0n) is 16.3. The highest BCUT2D eigenvalue weighted by molar-refractivity contribution is 5.95. The van der Waals surface area contributed by atoms with E-state index >= 15 is 0 Å². The van der Waals surface area contributed by atoms with Gasteiger partial charge in [0.15, 0.2) is 6.61 Å². The van der Waals surface area contributed by atoms with Gasteiger partial charge in [-0.15, -0.1) is 5.10 Å². The quantitative estimate of drug-likeness (QED) is 0.440. The second-order valence-electron chi connectivity index (χ2n) is 6.36. The Kier molecular flexibility index (Phi) is 6.65. The van der Waals surface area contributed by atoms with Crippen LogP contribution in [0.4, 0.5) is 14.6 Å². The maximum Gasteiger partial charge on any atom is 0.272 e. The number of anilines is 1. The molecule has 0 saturated carbocycles. The van der Waals surface area contributed by atoms with Crippen molar-refractivity contribution in [3.63, 3.8) is 0 Å². The Hall–Kier alpha value is -3.14. The number of halogens is 2. The molecule has 0 amide bonds. The average Bonchev–Trinajstić information content (AvgIpc) is 3.08. The summed E-state index contributed by atoms with van der Waals surface area (Å²) < 4.78 is 34.9. The molecule has 1 unspecified atom stereocenters. The van der Waals surface area contributed by atoms with Gasteiger partial charge in [0.05, 0.1) is 29.0 Å². The fourth-order valence-corrected chi connectivity index (χ4v) is 2.76. The first kappa shape index (κ1) is 20.6. The number of aryl methyl sites for hydroxylation is 1. The smallest absolute Gasteiger partial charge is 0.272 e. The van der Waals surface area contributed by atoms with Gasteiger partial charge in [0.2, 0.25) is 5.88 Å². The highest BCUT2D eigenvalue weighted by atomic mass is 19.3. The maximum absolute atomic E-state index is 12.3. The number of ether oxygens (including phenoxy) is 2. The first-order chi connectivity index (χ1) is 14.0. The SMILES string of the molecule is COCC(N=C(C)Nc1cc2[nH]nc(OCC(F)F)c2cn1)c1cccc(C)n1. The van der Waals surface area contributed by atoms with Crippen LogP contribution in [-0.4, -0.2) is 52.7 Å². The molecule has 0 fully saturated rings. The summed E-state index contributed by atoms with van der Waals surface area (Å²) in [4.78, 5) is 13.4. The van der Waals surface area contributed by atoms with E-state index in [0.717, 1.165) is 11.4 Å². The third-order valence-electron chi connectivity index (χ3n) is 3.99. The topological polar surface area (TPSA) is 97.3 Å². The first-order valence-electron chi connectivity index (χ1n) is 8.95. The Morgan fingerprint density at radius 1 is 1.31 bits per heavy atom. The number of nitrogens with zero attached hydrogens (tertiary/aromatic N) is 4. The van der Waals surface area contributed by atoms with Crippen molar-refractivity contribution in [2.75, 3.05) is 25.6 Å². The van der Waals surface area contributed by atoms with Gasteiger partial charge in [-0.2, -0.15) is 0 Å². The summed E-state index contributed by atoms with van der Waals surface area (Å²) in [7, 11) is 1.61. The molecule has 0 aliphatic rings. The number of fused-ring (bicyclic) bond motifs is 1. The lowest BCUT2D eigenvalue weighted by Crippen LogP contribution is -2.14. The van der Waals surface area contributed by atoms with Crippen LogP contribution in [-0.2, 0) is 4.74 Å². The third-order valence-corrected chi connectivity index (χ3v) is 3.99. The van der Waals surface area contributed by atoms with Crippen molar-refractivity contribution in [3.05, 3.63) is 41.9 Å². The lowest BCUT2D eigenvalue weighted by atomic mass is 10.2. The van der Waals surface area contributed by atoms with Crippen LogP contribution in [0.1, 0.15) is 24.4 Å². The summed E-state index contributed by atoms with van der Waals surface area (Å²) >= 11 is 0. The van der Waals surface area contributed by atoms with E-state index in [1.165, 1.54) is 6.20 Å². The highest BCUT2D eigenvalue weighted by Gasteiger charge is 2.14. The van der Waals surface area contributed by atoms with Crippen LogP contribution in [0.3, 0.4) is 0 Å². The molecule has 0 spiro atoms. The van der Waals surface area contributed by atoms with Crippen LogP contribution in [0, 0.1) is 6.92 Å². The molecule has 1 atom stereocenters. The van der Waals surface area contributed by atoms with Crippen molar-refractivity contribution in [2.24, 2.45) is 4.99 Å². The molecule has 3 aromatic heterocycles. The number of aromatic amines is 1. The second-order valence-corrected chi connectivity index (χ2v) is 6.36. The number of H-pyrrole nitrogens is 1. The third kappa shape index (κ3) is 5.44. The number of aromatic nitrogens is 4. The molecule has 0 radical (unpaired) electrons. The lowest BCUT2D eigenvalue weighted by molar-refractivity contribution is 0.0803. The van der Waals surface area contributed by atoms with E-state index in [4.69, 9.17) is 9.47 Å². The Bertz CT molecular complexity index is 992. The van der Waals surface area contributed by atoms with Crippen molar-refractivity contribution in [3.8, 4) is 5.88 Å². The van der Waals surface area contributed by atoms with Crippen LogP contribution in [0.25, 0.3) is 10.9 Å². The molecule has 0 aromatic carbocycles. The van der Waals surface area contributed by atoms with Crippen LogP contribution in [0.2, 0.25) is 0 Å². The summed E-state index contributed by atoms with van der Waals surface area (Å²) in [6.07, 6.45) is -1.07. The number of aliphatic imine (C=N–C) groups is 1. The van der Waals surface area contributed by atoms with E-state index in [2.05, 4.69) is 30.5 Å². The molecule has 3 heterocycles. The van der Waals surface area contributed by atoms with Crippen LogP contribution >= 0.6 is 0 Å². The van der Waals surface area contributed by atoms with Crippen LogP contribution < -0.4 is 10.1 Å². The summed E-state index contributed by atoms with van der Waals surface area (Å²) in [6, 6.07) is 7.19. The lowest BCUT2D eigenvalue weighted by Gasteiger charge is -2.14. The first-order valence-corrected chi connectivity index (χ1v) is 8.95. The van der Waals surface area contributed by atoms with E-state index in [-0.39, 0.29) is 11.9 Å². The molecule has 3 aromatic rings. The summed E-state index contributed by atoms with van der Waals surface area (Å²) in [5.41, 5.74) is 2.32. The summed E-state index contributed by atoms with van der Waals surface area (Å²) in [5.74, 6) is 1.24. The minimum absolute atomic E-state index is 0.0930. The number of amidine groups is 1. The van der Waals surface area contributed by atoms with Gasteiger partial charge in [0.1, 0.15) is 11.9 Å². The molecule has 29 heavy (non-hydrogen) atoms. The van der Waals surface area contributed by atoms with Gasteiger partial charge in [-0.05, 0) is 26.0 Å². The van der Waals surface area contributed by atoms with Crippen molar-refractivity contribution >= 4 is 22.6 Å². The standard InChI is InChI=1S/C19H22F2N6O2/c1-11-5-4-6-14(23-11)16(9-28-3)24-12(2)25-18-7-15-13(8-22-18)19(27-26-15)29-10-17(20)21/h4-8,16-17H,9-10H2,1-3H3,(H,26,27)(H,22,24,25). The highest BCUT2D eigenvalue weighted by Crippen LogP contribution is 2.24. The molecule has 2 N–H and O–H groups in total. The van der Waals surface area contributed by atoms with Gasteiger partial charge in [0.25, 0.3) is 6.43 Å². The molecular weight excluding hydrogens is 382 g/mol. The number of methoxy groups -OCH3 is 1. The Labute approximate surface area is 166 Å². The van der Waals surface area contributed by atoms with Gasteiger partial charge in [-0.3, -0.25) is 15.1 Å². The number of nitrogens with one attached hydrogen (secondary N) is 2. The van der Waals surface area contributed by atoms with Gasteiger partial charge >= 0.3 is 0 Å². The number of hydrogen-bond donors (Lipinski definition) is 2. The van der Waals surface area contributed by atoms with E-state index in [1.807, 2.05) is 32.0 Å². The molecule has 0 saturated heterocycles. The van der Waals surface area contributed by atoms with E-state index in [9.17, 15) is 8.78 Å². The zero-order valence-corrected chi connectivity index (χ0v) is 16.3. The largest absolute Gasteiger partial charge is 0.470 e. The molecular formula is C19H22F2N6O2. The molecule has 0 bridgehead atoms. The Morgan fingerprint density at radius 2 is 2.14 bits per heavy atom. The van der Waals surface area contributed by atoms with Gasteiger partial charge in [-0.1, -0.05) is 6.07 Å². The molecule has 154 valence electrons. The minimum Gasteiger partial charge on any atom is -0.470 e. The molecule has 0 aliphatic carbocycles. The van der Waals surface area contributed by atoms with Crippen LogP contribution in [0.15, 0.2) is 35.5 Å². The van der Waals surface area contributed by atoms with Gasteiger partial charge in [0, 0.05) is 25.1 Å². The number of alkyl halides is 2. The second kappa shape index (κ2) is 9.37. The number of hydrogen-bond acceptors (Lipinski definition) is 6. The van der Waals surface area contributed by atoms with Crippen molar-refractivity contribution in [1.29, 1.82) is 0 Å². The van der Waals surface area contributed by atoms with E-state index in [0.29, 0.717) is 29.2 Å². The van der Waals surface area contributed by atoms with E-state index < -0.39 is 13.0 Å². The Balaban J connectivity index is 1.76. The van der Waals surface area contributed by atoms with Crippen molar-refractivity contribution in [2.45, 2.75) is 26.3 Å². The van der Waals surface area contributed by atoms with Gasteiger partial charge in [-0.25, -0.2) is 13.8 Å². The fourth-order valence-electron chi connectivity index (χ4n) is 2.76. The molecule has 8 nitrogen and oxygen atoms in total. The minimum atomic E-state index is -2.57. The fraction of sp³-hybridized carbons (Fsp3) is 0.368. The molecule has 0 aliphatic heterocycles. The van der Waals surface area contributed by atoms with Crippen molar-refractivity contribution < 1.29 is 18.3 Å². The zero-order chi connectivity index (χ0) is 20.8. The maximum atomic E-state index is 12.3. The predicted octanol–water partition coefficient (Wildman–Crippen LogP) is 3.52. The predicted molar refractivity (Wildman–Crippen MR) is 106 cm³/mol. The Morgan fingerprint density at radius 3 is 2.86 bits per heavy atom. The molecule has 3 rings (SSSR count). The monoisotopic (exact) mass is 404 g/mol. The summed E-state index contributed by atoms with van der Waals surface area (Å²) in [5, 5.41) is 10.3. The number of pyridine rings is 2. The average molecular weight is 404 g/mol. The van der Waals surface area contributed by atoms with Crippen LogP contribution in [0.5, 0.6) is 5.88 Å². The van der Waals surface area contributed by atoms with Crippen molar-refractivity contribution in [1.82, 2.24) is 20.2 Å². The summed E-state index contributed by atoms with van der Waals surface area (Å²) in [6.45, 7) is 3.40. The normalized spacial score (nSPS) is 13.1. The molecule has 10 heteroatoms. The number of rotatable bonds is 8. The van der Waals surface area contributed by atoms with E-state index in [1.54, 1.807) is 13.2 Å². The van der Waals surface area contributed by atoms with Gasteiger partial charge < -0.3 is 14.8 Å².